The van der Waals surface area contributed by atoms with Crippen molar-refractivity contribution in [2.45, 2.75) is 6.42 Å². The van der Waals surface area contributed by atoms with Gasteiger partial charge in [-0.05, 0) is 24.6 Å². The Balaban J connectivity index is 2.13. The number of urea groups is 1. The lowest BCUT2D eigenvalue weighted by Gasteiger charge is -2.24. The number of carbonyl (C=O) groups is 1. The minimum absolute atomic E-state index is 0.111. The van der Waals surface area contributed by atoms with Crippen LogP contribution in [0.3, 0.4) is 0 Å². The first-order valence-electron chi connectivity index (χ1n) is 5.52. The maximum Gasteiger partial charge on any atom is 0.322 e. The average Bonchev–Trinajstić information content (AvgIpc) is 2.33. The Bertz CT molecular complexity index is 525. The summed E-state index contributed by atoms with van der Waals surface area (Å²) in [4.78, 5) is 12.9. The summed E-state index contributed by atoms with van der Waals surface area (Å²) in [5, 5.41) is 1.97. The van der Waals surface area contributed by atoms with Crippen LogP contribution >= 0.6 is 11.6 Å². The first-order valence-corrected chi connectivity index (χ1v) is 5.90. The number of rotatable bonds is 1. The summed E-state index contributed by atoms with van der Waals surface area (Å²) in [7, 11) is 0. The molecule has 2 amide bonds. The molecule has 0 spiro atoms. The minimum Gasteiger partial charge on any atom is -0.318 e. The van der Waals surface area contributed by atoms with E-state index in [1.165, 1.54) is 6.08 Å². The summed E-state index contributed by atoms with van der Waals surface area (Å²) in [5.41, 5.74) is -0.593. The Morgan fingerprint density at radius 1 is 1.26 bits per heavy atom. The second kappa shape index (κ2) is 5.52. The molecule has 0 aliphatic carbocycles. The molecule has 0 saturated carbocycles. The molecule has 0 atom stereocenters. The molecule has 2 rings (SSSR count). The Hall–Kier alpha value is -1.69. The highest BCUT2D eigenvalue weighted by molar-refractivity contribution is 6.30. The molecule has 19 heavy (non-hydrogen) atoms. The molecule has 7 heteroatoms. The molecule has 0 radical (unpaired) electrons. The van der Waals surface area contributed by atoms with Crippen molar-refractivity contribution in [3.05, 3.63) is 40.7 Å². The van der Waals surface area contributed by atoms with E-state index < -0.39 is 29.2 Å². The maximum atomic E-state index is 13.5. The van der Waals surface area contributed by atoms with Gasteiger partial charge < -0.3 is 10.2 Å². The van der Waals surface area contributed by atoms with E-state index in [-0.39, 0.29) is 18.1 Å². The van der Waals surface area contributed by atoms with Crippen molar-refractivity contribution in [1.29, 1.82) is 0 Å². The second-order valence-corrected chi connectivity index (χ2v) is 4.47. The average molecular weight is 291 g/mol. The van der Waals surface area contributed by atoms with Crippen molar-refractivity contribution >= 4 is 23.3 Å². The fraction of sp³-hybridized carbons (Fsp3) is 0.250. The van der Waals surface area contributed by atoms with Crippen molar-refractivity contribution in [2.24, 2.45) is 0 Å². The van der Waals surface area contributed by atoms with Crippen LogP contribution in [0.4, 0.5) is 23.7 Å². The molecule has 0 saturated heterocycles. The number of anilines is 1. The van der Waals surface area contributed by atoms with Crippen LogP contribution in [0, 0.1) is 11.6 Å². The Morgan fingerprint density at radius 2 is 1.89 bits per heavy atom. The monoisotopic (exact) mass is 290 g/mol. The van der Waals surface area contributed by atoms with Crippen LogP contribution in [0.2, 0.25) is 5.02 Å². The number of carbonyl (C=O) groups excluding carboxylic acids is 1. The Kier molecular flexibility index (Phi) is 3.99. The second-order valence-electron chi connectivity index (χ2n) is 4.04. The van der Waals surface area contributed by atoms with Crippen LogP contribution < -0.4 is 5.32 Å². The number of nitrogens with one attached hydrogen (secondary N) is 1. The van der Waals surface area contributed by atoms with Crippen molar-refractivity contribution in [3.63, 3.8) is 0 Å². The highest BCUT2D eigenvalue weighted by atomic mass is 35.5. The normalized spacial score (nSPS) is 15.2. The number of halogens is 4. The van der Waals surface area contributed by atoms with Crippen molar-refractivity contribution in [1.82, 2.24) is 4.90 Å². The van der Waals surface area contributed by atoms with Crippen LogP contribution in [0.15, 0.2) is 24.0 Å². The fourth-order valence-corrected chi connectivity index (χ4v) is 1.92. The zero-order chi connectivity index (χ0) is 14.0. The summed E-state index contributed by atoms with van der Waals surface area (Å²) in [6.07, 6.45) is 1.73. The van der Waals surface area contributed by atoms with E-state index in [1.54, 1.807) is 0 Å². The van der Waals surface area contributed by atoms with Gasteiger partial charge in [-0.15, -0.1) is 0 Å². The third-order valence-corrected chi connectivity index (χ3v) is 2.85. The Labute approximate surface area is 112 Å². The van der Waals surface area contributed by atoms with Crippen LogP contribution in [0.25, 0.3) is 0 Å². The molecule has 0 bridgehead atoms. The summed E-state index contributed by atoms with van der Waals surface area (Å²) in [6, 6.07) is 1.01. The van der Waals surface area contributed by atoms with Crippen molar-refractivity contribution in [3.8, 4) is 0 Å². The molecule has 0 unspecified atom stereocenters. The lowest BCUT2D eigenvalue weighted by molar-refractivity contribution is 0.210. The van der Waals surface area contributed by atoms with E-state index in [0.717, 1.165) is 17.0 Å². The quantitative estimate of drug-likeness (QED) is 0.840. The third kappa shape index (κ3) is 3.20. The standard InChI is InChI=1S/C12H10ClF3N2O/c13-7-4-9(15)11(10(16)5-7)17-12(19)18-3-1-2-8(14)6-18/h2,4-5H,1,3,6H2,(H,17,19). The van der Waals surface area contributed by atoms with Crippen molar-refractivity contribution in [2.75, 3.05) is 18.4 Å². The molecule has 3 nitrogen and oxygen atoms in total. The van der Waals surface area contributed by atoms with Gasteiger partial charge in [-0.3, -0.25) is 0 Å². The van der Waals surface area contributed by atoms with Gasteiger partial charge in [0, 0.05) is 11.6 Å². The van der Waals surface area contributed by atoms with Gasteiger partial charge in [0.1, 0.15) is 11.5 Å². The molecule has 0 aromatic heterocycles. The molecule has 1 aromatic carbocycles. The first-order chi connectivity index (χ1) is 8.97. The molecule has 1 aliphatic rings. The SMILES string of the molecule is O=C(Nc1c(F)cc(Cl)cc1F)N1CCC=C(F)C1. The van der Waals surface area contributed by atoms with Crippen molar-refractivity contribution < 1.29 is 18.0 Å². The van der Waals surface area contributed by atoms with Crippen LogP contribution in [-0.4, -0.2) is 24.0 Å². The van der Waals surface area contributed by atoms with E-state index in [1.807, 2.05) is 0 Å². The molecule has 1 heterocycles. The number of hydrogen-bond donors (Lipinski definition) is 1. The number of amides is 2. The molecular weight excluding hydrogens is 281 g/mol. The predicted molar refractivity (Wildman–Crippen MR) is 65.8 cm³/mol. The number of benzene rings is 1. The molecule has 102 valence electrons. The highest BCUT2D eigenvalue weighted by Gasteiger charge is 2.21. The smallest absolute Gasteiger partial charge is 0.318 e. The van der Waals surface area contributed by atoms with E-state index in [9.17, 15) is 18.0 Å². The van der Waals surface area contributed by atoms with Gasteiger partial charge in [0.15, 0.2) is 11.6 Å². The minimum atomic E-state index is -0.980. The molecule has 1 aliphatic heterocycles. The summed E-state index contributed by atoms with van der Waals surface area (Å²) < 4.78 is 40.0. The van der Waals surface area contributed by atoms with Gasteiger partial charge in [-0.2, -0.15) is 0 Å². The largest absolute Gasteiger partial charge is 0.322 e. The third-order valence-electron chi connectivity index (χ3n) is 2.63. The molecule has 1 N–H and O–H groups in total. The topological polar surface area (TPSA) is 32.3 Å². The van der Waals surface area contributed by atoms with E-state index >= 15 is 0 Å². The fourth-order valence-electron chi connectivity index (χ4n) is 1.72. The highest BCUT2D eigenvalue weighted by Crippen LogP contribution is 2.24. The number of hydrogen-bond acceptors (Lipinski definition) is 1. The van der Waals surface area contributed by atoms with Gasteiger partial charge in [-0.1, -0.05) is 11.6 Å². The predicted octanol–water partition coefficient (Wildman–Crippen LogP) is 3.71. The Morgan fingerprint density at radius 3 is 2.47 bits per heavy atom. The van der Waals surface area contributed by atoms with Crippen LogP contribution in [-0.2, 0) is 0 Å². The molecule has 1 aromatic rings. The first kappa shape index (κ1) is 13.7. The summed E-state index contributed by atoms with van der Waals surface area (Å²) in [5.74, 6) is -2.41. The van der Waals surface area contributed by atoms with E-state index in [0.29, 0.717) is 6.42 Å². The summed E-state index contributed by atoms with van der Waals surface area (Å²) in [6.45, 7) is 0.0821. The van der Waals surface area contributed by atoms with Gasteiger partial charge >= 0.3 is 6.03 Å². The van der Waals surface area contributed by atoms with Gasteiger partial charge in [0.2, 0.25) is 0 Å². The molecular formula is C12H10ClF3N2O. The van der Waals surface area contributed by atoms with Gasteiger partial charge in [-0.25, -0.2) is 18.0 Å². The molecule has 0 fully saturated rings. The van der Waals surface area contributed by atoms with Crippen LogP contribution in [0.5, 0.6) is 0 Å². The van der Waals surface area contributed by atoms with E-state index in [4.69, 9.17) is 11.6 Å². The maximum absolute atomic E-state index is 13.5. The summed E-state index contributed by atoms with van der Waals surface area (Å²) >= 11 is 5.47. The van der Waals surface area contributed by atoms with E-state index in [2.05, 4.69) is 5.32 Å². The van der Waals surface area contributed by atoms with Crippen LogP contribution in [0.1, 0.15) is 6.42 Å². The van der Waals surface area contributed by atoms with Gasteiger partial charge in [0.05, 0.1) is 6.54 Å². The van der Waals surface area contributed by atoms with Gasteiger partial charge in [0.25, 0.3) is 0 Å². The lowest BCUT2D eigenvalue weighted by atomic mass is 10.2. The number of nitrogens with zero attached hydrogens (tertiary/aromatic N) is 1. The zero-order valence-corrected chi connectivity index (χ0v) is 10.5. The lowest BCUT2D eigenvalue weighted by Crippen LogP contribution is -2.38. The zero-order valence-electron chi connectivity index (χ0n) is 9.72.